The Bertz CT molecular complexity index is 361. The molecule has 0 fully saturated rings. The molecule has 0 bridgehead atoms. The molecule has 1 aromatic rings. The van der Waals surface area contributed by atoms with E-state index in [2.05, 4.69) is 5.32 Å². The lowest BCUT2D eigenvalue weighted by Gasteiger charge is -2.17. The zero-order valence-corrected chi connectivity index (χ0v) is 9.37. The molecule has 15 heavy (non-hydrogen) atoms. The van der Waals surface area contributed by atoms with E-state index >= 15 is 0 Å². The monoisotopic (exact) mass is 207 g/mol. The summed E-state index contributed by atoms with van der Waals surface area (Å²) in [6.07, 6.45) is 0. The molecule has 1 aromatic carbocycles. The molecular formula is C12H17NO2. The van der Waals surface area contributed by atoms with Crippen LogP contribution in [0.1, 0.15) is 29.7 Å². The molecule has 0 saturated heterocycles. The van der Waals surface area contributed by atoms with E-state index in [4.69, 9.17) is 5.11 Å². The van der Waals surface area contributed by atoms with Gasteiger partial charge in [0.15, 0.2) is 0 Å². The average Bonchev–Trinajstić information content (AvgIpc) is 2.19. The molecule has 0 aliphatic rings. The molecule has 0 aromatic heterocycles. The van der Waals surface area contributed by atoms with Gasteiger partial charge >= 0.3 is 5.97 Å². The van der Waals surface area contributed by atoms with E-state index in [1.165, 1.54) is 0 Å². The lowest BCUT2D eigenvalue weighted by atomic mass is 9.97. The molecule has 0 amide bonds. The van der Waals surface area contributed by atoms with Crippen molar-refractivity contribution >= 4 is 5.97 Å². The first-order chi connectivity index (χ1) is 7.07. The lowest BCUT2D eigenvalue weighted by Crippen LogP contribution is -2.28. The van der Waals surface area contributed by atoms with E-state index in [9.17, 15) is 4.79 Å². The molecule has 1 unspecified atom stereocenters. The van der Waals surface area contributed by atoms with Crippen LogP contribution in [0.4, 0.5) is 0 Å². The number of carbonyl (C=O) groups is 1. The van der Waals surface area contributed by atoms with E-state index in [0.717, 1.165) is 16.7 Å². The van der Waals surface area contributed by atoms with Crippen molar-refractivity contribution in [3.63, 3.8) is 0 Å². The molecule has 2 N–H and O–H groups in total. The predicted octanol–water partition coefficient (Wildman–Crippen LogP) is 2.04. The van der Waals surface area contributed by atoms with Crippen LogP contribution in [-0.4, -0.2) is 17.6 Å². The highest BCUT2D eigenvalue weighted by Crippen LogP contribution is 2.20. The smallest absolute Gasteiger partial charge is 0.325 e. The zero-order chi connectivity index (χ0) is 11.4. The second kappa shape index (κ2) is 4.94. The van der Waals surface area contributed by atoms with Crippen LogP contribution in [0, 0.1) is 13.8 Å². The quantitative estimate of drug-likeness (QED) is 0.794. The summed E-state index contributed by atoms with van der Waals surface area (Å²) in [6, 6.07) is 5.15. The maximum absolute atomic E-state index is 11.1. The third-order valence-corrected chi connectivity index (χ3v) is 2.61. The molecule has 0 aliphatic heterocycles. The maximum atomic E-state index is 11.1. The second-order valence-corrected chi connectivity index (χ2v) is 3.62. The third kappa shape index (κ3) is 2.57. The van der Waals surface area contributed by atoms with Crippen molar-refractivity contribution in [2.45, 2.75) is 26.8 Å². The predicted molar refractivity (Wildman–Crippen MR) is 60.0 cm³/mol. The van der Waals surface area contributed by atoms with E-state index < -0.39 is 12.0 Å². The SMILES string of the molecule is CCNC(C(=O)O)c1cccc(C)c1C. The minimum absolute atomic E-state index is 0.602. The minimum Gasteiger partial charge on any atom is -0.480 e. The van der Waals surface area contributed by atoms with Gasteiger partial charge in [0.25, 0.3) is 0 Å². The largest absolute Gasteiger partial charge is 0.480 e. The molecule has 0 aliphatic carbocycles. The van der Waals surface area contributed by atoms with E-state index in [1.807, 2.05) is 39.0 Å². The fraction of sp³-hybridized carbons (Fsp3) is 0.417. The van der Waals surface area contributed by atoms with Crippen LogP contribution < -0.4 is 5.32 Å². The lowest BCUT2D eigenvalue weighted by molar-refractivity contribution is -0.139. The zero-order valence-electron chi connectivity index (χ0n) is 9.37. The number of likely N-dealkylation sites (N-methyl/N-ethyl adjacent to an activating group) is 1. The molecule has 1 atom stereocenters. The van der Waals surface area contributed by atoms with Gasteiger partial charge < -0.3 is 10.4 Å². The number of hydrogen-bond donors (Lipinski definition) is 2. The van der Waals surface area contributed by atoms with Gasteiger partial charge in [-0.3, -0.25) is 4.79 Å². The highest BCUT2D eigenvalue weighted by atomic mass is 16.4. The van der Waals surface area contributed by atoms with Crippen molar-refractivity contribution in [3.05, 3.63) is 34.9 Å². The Morgan fingerprint density at radius 1 is 1.47 bits per heavy atom. The van der Waals surface area contributed by atoms with E-state index in [-0.39, 0.29) is 0 Å². The van der Waals surface area contributed by atoms with Gasteiger partial charge in [0.2, 0.25) is 0 Å². The topological polar surface area (TPSA) is 49.3 Å². The summed E-state index contributed by atoms with van der Waals surface area (Å²) in [6.45, 7) is 6.49. The number of rotatable bonds is 4. The highest BCUT2D eigenvalue weighted by Gasteiger charge is 2.20. The first-order valence-corrected chi connectivity index (χ1v) is 5.10. The Morgan fingerprint density at radius 3 is 2.67 bits per heavy atom. The molecule has 0 radical (unpaired) electrons. The summed E-state index contributed by atoms with van der Waals surface area (Å²) in [5.41, 5.74) is 3.02. The first kappa shape index (κ1) is 11.7. The number of benzene rings is 1. The van der Waals surface area contributed by atoms with Gasteiger partial charge in [-0.1, -0.05) is 25.1 Å². The van der Waals surface area contributed by atoms with Crippen LogP contribution in [0.3, 0.4) is 0 Å². The van der Waals surface area contributed by atoms with E-state index in [1.54, 1.807) is 0 Å². The molecule has 3 heteroatoms. The fourth-order valence-electron chi connectivity index (χ4n) is 1.62. The highest BCUT2D eigenvalue weighted by molar-refractivity contribution is 5.76. The number of aryl methyl sites for hydroxylation is 1. The van der Waals surface area contributed by atoms with Crippen LogP contribution in [0.15, 0.2) is 18.2 Å². The van der Waals surface area contributed by atoms with Gasteiger partial charge in [-0.2, -0.15) is 0 Å². The molecule has 82 valence electrons. The summed E-state index contributed by atoms with van der Waals surface area (Å²) in [5, 5.41) is 12.1. The Morgan fingerprint density at radius 2 is 2.13 bits per heavy atom. The Balaban J connectivity index is 3.11. The number of carboxylic acid groups (broad SMARTS) is 1. The normalized spacial score (nSPS) is 12.5. The van der Waals surface area contributed by atoms with Crippen molar-refractivity contribution < 1.29 is 9.90 Å². The fourth-order valence-corrected chi connectivity index (χ4v) is 1.62. The van der Waals surface area contributed by atoms with Gasteiger partial charge in [0.1, 0.15) is 6.04 Å². The summed E-state index contributed by atoms with van der Waals surface area (Å²) in [5.74, 6) is -0.828. The average molecular weight is 207 g/mol. The van der Waals surface area contributed by atoms with Crippen LogP contribution >= 0.6 is 0 Å². The van der Waals surface area contributed by atoms with Crippen molar-refractivity contribution in [2.24, 2.45) is 0 Å². The molecule has 0 heterocycles. The third-order valence-electron chi connectivity index (χ3n) is 2.61. The molecule has 0 saturated carbocycles. The Labute approximate surface area is 90.1 Å². The first-order valence-electron chi connectivity index (χ1n) is 5.10. The molecule has 1 rings (SSSR count). The van der Waals surface area contributed by atoms with Gasteiger partial charge in [-0.25, -0.2) is 0 Å². The van der Waals surface area contributed by atoms with Crippen LogP contribution in [0.25, 0.3) is 0 Å². The second-order valence-electron chi connectivity index (χ2n) is 3.62. The Kier molecular flexibility index (Phi) is 3.86. The number of carboxylic acids is 1. The standard InChI is InChI=1S/C12H17NO2/c1-4-13-11(12(14)15)10-7-5-6-8(2)9(10)3/h5-7,11,13H,4H2,1-3H3,(H,14,15). The van der Waals surface area contributed by atoms with Gasteiger partial charge in [-0.15, -0.1) is 0 Å². The minimum atomic E-state index is -0.828. The van der Waals surface area contributed by atoms with Crippen LogP contribution in [-0.2, 0) is 4.79 Å². The summed E-state index contributed by atoms with van der Waals surface area (Å²) < 4.78 is 0. The maximum Gasteiger partial charge on any atom is 0.325 e. The number of hydrogen-bond acceptors (Lipinski definition) is 2. The van der Waals surface area contributed by atoms with Crippen molar-refractivity contribution in [2.75, 3.05) is 6.54 Å². The summed E-state index contributed by atoms with van der Waals surface area (Å²) in [4.78, 5) is 11.1. The summed E-state index contributed by atoms with van der Waals surface area (Å²) >= 11 is 0. The molecule has 0 spiro atoms. The molecule has 3 nitrogen and oxygen atoms in total. The van der Waals surface area contributed by atoms with Crippen molar-refractivity contribution in [1.82, 2.24) is 5.32 Å². The van der Waals surface area contributed by atoms with Gasteiger partial charge in [0, 0.05) is 0 Å². The van der Waals surface area contributed by atoms with Crippen molar-refractivity contribution in [3.8, 4) is 0 Å². The summed E-state index contributed by atoms with van der Waals surface area (Å²) in [7, 11) is 0. The molecular weight excluding hydrogens is 190 g/mol. The van der Waals surface area contributed by atoms with Crippen molar-refractivity contribution in [1.29, 1.82) is 0 Å². The van der Waals surface area contributed by atoms with Crippen LogP contribution in [0.5, 0.6) is 0 Å². The van der Waals surface area contributed by atoms with E-state index in [0.29, 0.717) is 6.54 Å². The number of nitrogens with one attached hydrogen (secondary N) is 1. The number of aliphatic carboxylic acids is 1. The van der Waals surface area contributed by atoms with Crippen LogP contribution in [0.2, 0.25) is 0 Å². The van der Waals surface area contributed by atoms with Gasteiger partial charge in [0.05, 0.1) is 0 Å². The van der Waals surface area contributed by atoms with Gasteiger partial charge in [-0.05, 0) is 37.1 Å². The Hall–Kier alpha value is -1.35.